The van der Waals surface area contributed by atoms with Crippen molar-refractivity contribution in [1.82, 2.24) is 10.7 Å². The predicted octanol–water partition coefficient (Wildman–Crippen LogP) is 2.27. The van der Waals surface area contributed by atoms with Gasteiger partial charge < -0.3 is 10.1 Å². The number of hydrazone groups is 1. The normalized spacial score (nSPS) is 10.3. The van der Waals surface area contributed by atoms with Gasteiger partial charge >= 0.3 is 0 Å². The van der Waals surface area contributed by atoms with E-state index in [0.29, 0.717) is 12.4 Å². The molecular formula is C19H18FN3O3. The fourth-order valence-electron chi connectivity index (χ4n) is 1.89. The summed E-state index contributed by atoms with van der Waals surface area (Å²) in [5.41, 5.74) is 3.34. The van der Waals surface area contributed by atoms with Crippen LogP contribution < -0.4 is 15.5 Å². The first-order valence-electron chi connectivity index (χ1n) is 7.78. The van der Waals surface area contributed by atoms with E-state index < -0.39 is 17.6 Å². The molecule has 0 aliphatic heterocycles. The van der Waals surface area contributed by atoms with Crippen LogP contribution in [0, 0.1) is 5.82 Å². The summed E-state index contributed by atoms with van der Waals surface area (Å²) in [5.74, 6) is -0.689. The van der Waals surface area contributed by atoms with Crippen molar-refractivity contribution >= 4 is 18.0 Å². The number of carbonyl (C=O) groups excluding carboxylic acids is 2. The number of ether oxygens (including phenoxy) is 1. The van der Waals surface area contributed by atoms with Crippen LogP contribution in [0.15, 0.2) is 66.3 Å². The molecule has 0 spiro atoms. The first-order valence-corrected chi connectivity index (χ1v) is 7.78. The van der Waals surface area contributed by atoms with Crippen LogP contribution in [-0.4, -0.2) is 31.2 Å². The molecular weight excluding hydrogens is 337 g/mol. The van der Waals surface area contributed by atoms with Crippen molar-refractivity contribution in [3.05, 3.63) is 78.1 Å². The fraction of sp³-hybridized carbons (Fsp3) is 0.105. The molecule has 0 radical (unpaired) electrons. The topological polar surface area (TPSA) is 79.8 Å². The van der Waals surface area contributed by atoms with Crippen molar-refractivity contribution in [2.45, 2.75) is 0 Å². The second-order valence-electron chi connectivity index (χ2n) is 5.15. The van der Waals surface area contributed by atoms with Gasteiger partial charge in [-0.1, -0.05) is 12.7 Å². The SMILES string of the molecule is C=CCOc1ccc(/C=N/NC(=O)CNC(=O)c2ccc(F)cc2)cc1. The van der Waals surface area contributed by atoms with Crippen molar-refractivity contribution in [2.75, 3.05) is 13.2 Å². The molecule has 2 aromatic carbocycles. The lowest BCUT2D eigenvalue weighted by molar-refractivity contribution is -0.120. The van der Waals surface area contributed by atoms with Gasteiger partial charge in [0.15, 0.2) is 0 Å². The third-order valence-electron chi connectivity index (χ3n) is 3.17. The third-order valence-corrected chi connectivity index (χ3v) is 3.17. The first kappa shape index (κ1) is 18.9. The number of nitrogens with one attached hydrogen (secondary N) is 2. The molecule has 0 heterocycles. The van der Waals surface area contributed by atoms with E-state index in [1.807, 2.05) is 0 Å². The Hall–Kier alpha value is -3.48. The summed E-state index contributed by atoms with van der Waals surface area (Å²) in [7, 11) is 0. The molecule has 0 atom stereocenters. The maximum atomic E-state index is 12.8. The minimum Gasteiger partial charge on any atom is -0.490 e. The van der Waals surface area contributed by atoms with Gasteiger partial charge in [-0.3, -0.25) is 9.59 Å². The average Bonchev–Trinajstić information content (AvgIpc) is 2.66. The molecule has 7 heteroatoms. The van der Waals surface area contributed by atoms with Crippen molar-refractivity contribution < 1.29 is 18.7 Å². The van der Waals surface area contributed by atoms with E-state index in [4.69, 9.17) is 4.74 Å². The van der Waals surface area contributed by atoms with Crippen LogP contribution in [-0.2, 0) is 4.79 Å². The van der Waals surface area contributed by atoms with Crippen LogP contribution in [0.25, 0.3) is 0 Å². The summed E-state index contributed by atoms with van der Waals surface area (Å²) in [5, 5.41) is 6.24. The van der Waals surface area contributed by atoms with E-state index in [9.17, 15) is 14.0 Å². The third kappa shape index (κ3) is 6.20. The molecule has 2 N–H and O–H groups in total. The molecule has 0 aliphatic carbocycles. The van der Waals surface area contributed by atoms with Gasteiger partial charge in [0.05, 0.1) is 12.8 Å². The van der Waals surface area contributed by atoms with E-state index in [-0.39, 0.29) is 12.1 Å². The van der Waals surface area contributed by atoms with E-state index in [2.05, 4.69) is 22.4 Å². The maximum absolute atomic E-state index is 12.8. The summed E-state index contributed by atoms with van der Waals surface area (Å²) in [6, 6.07) is 12.1. The van der Waals surface area contributed by atoms with Crippen molar-refractivity contribution in [1.29, 1.82) is 0 Å². The molecule has 2 rings (SSSR count). The molecule has 0 saturated heterocycles. The highest BCUT2D eigenvalue weighted by molar-refractivity contribution is 5.96. The van der Waals surface area contributed by atoms with Gasteiger partial charge in [0.1, 0.15) is 18.2 Å². The zero-order chi connectivity index (χ0) is 18.8. The molecule has 0 aromatic heterocycles. The Bertz CT molecular complexity index is 787. The van der Waals surface area contributed by atoms with E-state index in [1.54, 1.807) is 30.3 Å². The van der Waals surface area contributed by atoms with Gasteiger partial charge in [0, 0.05) is 5.56 Å². The predicted molar refractivity (Wildman–Crippen MR) is 96.6 cm³/mol. The molecule has 134 valence electrons. The molecule has 0 unspecified atom stereocenters. The van der Waals surface area contributed by atoms with Gasteiger partial charge in [-0.25, -0.2) is 9.82 Å². The van der Waals surface area contributed by atoms with E-state index in [1.165, 1.54) is 30.5 Å². The minimum atomic E-state index is -0.484. The summed E-state index contributed by atoms with van der Waals surface area (Å²) in [4.78, 5) is 23.5. The number of benzene rings is 2. The van der Waals surface area contributed by atoms with Crippen LogP contribution in [0.2, 0.25) is 0 Å². The number of halogens is 1. The number of hydrogen-bond donors (Lipinski definition) is 2. The largest absolute Gasteiger partial charge is 0.490 e. The van der Waals surface area contributed by atoms with Gasteiger partial charge in [-0.15, -0.1) is 0 Å². The van der Waals surface area contributed by atoms with Crippen LogP contribution in [0.3, 0.4) is 0 Å². The van der Waals surface area contributed by atoms with Crippen molar-refractivity contribution in [3.8, 4) is 5.75 Å². The van der Waals surface area contributed by atoms with Crippen LogP contribution >= 0.6 is 0 Å². The fourth-order valence-corrected chi connectivity index (χ4v) is 1.89. The Morgan fingerprint density at radius 3 is 2.46 bits per heavy atom. The molecule has 0 saturated carbocycles. The first-order chi connectivity index (χ1) is 12.6. The van der Waals surface area contributed by atoms with Crippen molar-refractivity contribution in [3.63, 3.8) is 0 Å². The van der Waals surface area contributed by atoms with Crippen LogP contribution in [0.1, 0.15) is 15.9 Å². The molecule has 26 heavy (non-hydrogen) atoms. The Labute approximate surface area is 150 Å². The summed E-state index contributed by atoms with van der Waals surface area (Å²) < 4.78 is 18.2. The highest BCUT2D eigenvalue weighted by Crippen LogP contribution is 2.10. The lowest BCUT2D eigenvalue weighted by Gasteiger charge is -2.04. The molecule has 6 nitrogen and oxygen atoms in total. The standard InChI is InChI=1S/C19H18FN3O3/c1-2-11-26-17-9-3-14(4-10-17)12-22-23-18(24)13-21-19(25)15-5-7-16(20)8-6-15/h2-10,12H,1,11,13H2,(H,21,25)(H,23,24)/b22-12+. The van der Waals surface area contributed by atoms with Gasteiger partial charge in [-0.05, 0) is 54.1 Å². The Morgan fingerprint density at radius 1 is 1.12 bits per heavy atom. The van der Waals surface area contributed by atoms with Crippen LogP contribution in [0.5, 0.6) is 5.75 Å². The lowest BCUT2D eigenvalue weighted by Crippen LogP contribution is -2.34. The summed E-state index contributed by atoms with van der Waals surface area (Å²) in [6.45, 7) is 3.74. The van der Waals surface area contributed by atoms with Gasteiger partial charge in [0.25, 0.3) is 11.8 Å². The monoisotopic (exact) mass is 355 g/mol. The second kappa shape index (κ2) is 9.73. The van der Waals surface area contributed by atoms with E-state index >= 15 is 0 Å². The van der Waals surface area contributed by atoms with E-state index in [0.717, 1.165) is 5.56 Å². The summed E-state index contributed by atoms with van der Waals surface area (Å²) in [6.07, 6.45) is 3.12. The quantitative estimate of drug-likeness (QED) is 0.433. The Kier molecular flexibility index (Phi) is 7.05. The molecule has 0 bridgehead atoms. The summed E-state index contributed by atoms with van der Waals surface area (Å²) >= 11 is 0. The zero-order valence-corrected chi connectivity index (χ0v) is 13.9. The Balaban J connectivity index is 1.75. The van der Waals surface area contributed by atoms with Crippen LogP contribution in [0.4, 0.5) is 4.39 Å². The maximum Gasteiger partial charge on any atom is 0.259 e. The average molecular weight is 355 g/mol. The van der Waals surface area contributed by atoms with Gasteiger partial charge in [-0.2, -0.15) is 5.10 Å². The molecule has 2 amide bonds. The Morgan fingerprint density at radius 2 is 1.81 bits per heavy atom. The number of carbonyl (C=O) groups is 2. The number of nitrogens with zero attached hydrogens (tertiary/aromatic N) is 1. The smallest absolute Gasteiger partial charge is 0.259 e. The number of rotatable bonds is 8. The molecule has 0 fully saturated rings. The zero-order valence-electron chi connectivity index (χ0n) is 13.9. The molecule has 0 aliphatic rings. The second-order valence-corrected chi connectivity index (χ2v) is 5.15. The molecule has 2 aromatic rings. The van der Waals surface area contributed by atoms with Gasteiger partial charge in [0.2, 0.25) is 0 Å². The minimum absolute atomic E-state index is 0.248. The van der Waals surface area contributed by atoms with Crippen molar-refractivity contribution in [2.24, 2.45) is 5.10 Å². The number of hydrogen-bond acceptors (Lipinski definition) is 4. The number of amides is 2. The lowest BCUT2D eigenvalue weighted by atomic mass is 10.2. The highest BCUT2D eigenvalue weighted by Gasteiger charge is 2.07. The highest BCUT2D eigenvalue weighted by atomic mass is 19.1.